The van der Waals surface area contributed by atoms with Crippen LogP contribution in [0.15, 0.2) is 35.7 Å². The molecule has 4 nitrogen and oxygen atoms in total. The highest BCUT2D eigenvalue weighted by molar-refractivity contribution is 7.99. The number of nitrogens with zero attached hydrogens (tertiary/aromatic N) is 3. The van der Waals surface area contributed by atoms with E-state index in [1.54, 1.807) is 30.2 Å². The molecule has 0 aliphatic carbocycles. The highest BCUT2D eigenvalue weighted by atomic mass is 32.2. The van der Waals surface area contributed by atoms with Gasteiger partial charge in [0.2, 0.25) is 0 Å². The van der Waals surface area contributed by atoms with Crippen LogP contribution in [-0.4, -0.2) is 20.0 Å². The number of rotatable bonds is 4. The fraction of sp³-hybridized carbons (Fsp3) is 0.333. The Kier molecular flexibility index (Phi) is 3.98. The van der Waals surface area contributed by atoms with Gasteiger partial charge in [-0.3, -0.25) is 0 Å². The van der Waals surface area contributed by atoms with Gasteiger partial charge in [0.05, 0.1) is 0 Å². The molecule has 2 N–H and O–H groups in total. The second-order valence-corrected chi connectivity index (χ2v) is 5.47. The maximum atomic E-state index is 12.8. The molecule has 2 rings (SSSR count). The summed E-state index contributed by atoms with van der Waals surface area (Å²) in [4.78, 5) is 0. The van der Waals surface area contributed by atoms with Crippen LogP contribution in [0.3, 0.4) is 0 Å². The van der Waals surface area contributed by atoms with Crippen molar-refractivity contribution in [3.8, 4) is 0 Å². The van der Waals surface area contributed by atoms with Gasteiger partial charge in [0.25, 0.3) is 0 Å². The SMILES string of the molecule is CC(Sc1nncn1C)C(N)c1ccc(F)cc1. The molecule has 2 aromatic rings. The van der Waals surface area contributed by atoms with Crippen molar-refractivity contribution in [1.29, 1.82) is 0 Å². The molecular formula is C12H15FN4S. The molecule has 0 aliphatic heterocycles. The molecule has 0 aliphatic rings. The molecule has 96 valence electrons. The minimum atomic E-state index is -0.250. The fourth-order valence-electron chi connectivity index (χ4n) is 1.57. The number of thioether (sulfide) groups is 1. The summed E-state index contributed by atoms with van der Waals surface area (Å²) in [5.74, 6) is -0.250. The number of aryl methyl sites for hydroxylation is 1. The summed E-state index contributed by atoms with van der Waals surface area (Å²) in [6.07, 6.45) is 1.65. The predicted octanol–water partition coefficient (Wildman–Crippen LogP) is 2.13. The largest absolute Gasteiger partial charge is 0.323 e. The van der Waals surface area contributed by atoms with Gasteiger partial charge in [-0.05, 0) is 17.7 Å². The quantitative estimate of drug-likeness (QED) is 0.861. The summed E-state index contributed by atoms with van der Waals surface area (Å²) >= 11 is 1.55. The van der Waals surface area contributed by atoms with Crippen LogP contribution in [0.25, 0.3) is 0 Å². The second-order valence-electron chi connectivity index (χ2n) is 4.12. The first-order chi connectivity index (χ1) is 8.58. The Morgan fingerprint density at radius 3 is 2.56 bits per heavy atom. The van der Waals surface area contributed by atoms with E-state index < -0.39 is 0 Å². The number of nitrogens with two attached hydrogens (primary N) is 1. The van der Waals surface area contributed by atoms with Crippen LogP contribution in [0.5, 0.6) is 0 Å². The Hall–Kier alpha value is -1.40. The lowest BCUT2D eigenvalue weighted by Gasteiger charge is -2.19. The third-order valence-electron chi connectivity index (χ3n) is 2.72. The second kappa shape index (κ2) is 5.49. The Morgan fingerprint density at radius 2 is 2.00 bits per heavy atom. The average Bonchev–Trinajstić information content (AvgIpc) is 2.75. The van der Waals surface area contributed by atoms with E-state index in [2.05, 4.69) is 10.2 Å². The maximum absolute atomic E-state index is 12.8. The fourth-order valence-corrected chi connectivity index (χ4v) is 2.52. The molecule has 0 bridgehead atoms. The molecule has 0 saturated carbocycles. The van der Waals surface area contributed by atoms with Gasteiger partial charge >= 0.3 is 0 Å². The minimum Gasteiger partial charge on any atom is -0.323 e. The third-order valence-corrected chi connectivity index (χ3v) is 3.97. The van der Waals surface area contributed by atoms with Gasteiger partial charge < -0.3 is 10.3 Å². The lowest BCUT2D eigenvalue weighted by atomic mass is 10.1. The Labute approximate surface area is 109 Å². The zero-order chi connectivity index (χ0) is 13.1. The number of benzene rings is 1. The molecular weight excluding hydrogens is 251 g/mol. The standard InChI is InChI=1S/C12H15FN4S/c1-8(18-12-16-15-7-17(12)2)11(14)9-3-5-10(13)6-4-9/h3-8,11H,14H2,1-2H3. The first kappa shape index (κ1) is 13.0. The van der Waals surface area contributed by atoms with E-state index in [1.807, 2.05) is 18.5 Å². The van der Waals surface area contributed by atoms with E-state index in [9.17, 15) is 4.39 Å². The van der Waals surface area contributed by atoms with E-state index >= 15 is 0 Å². The normalized spacial score (nSPS) is 14.4. The highest BCUT2D eigenvalue weighted by Gasteiger charge is 2.18. The molecule has 6 heteroatoms. The molecule has 0 radical (unpaired) electrons. The van der Waals surface area contributed by atoms with Crippen LogP contribution in [0.4, 0.5) is 4.39 Å². The van der Waals surface area contributed by atoms with Crippen molar-refractivity contribution in [2.75, 3.05) is 0 Å². The molecule has 0 amide bonds. The van der Waals surface area contributed by atoms with Crippen molar-refractivity contribution >= 4 is 11.8 Å². The van der Waals surface area contributed by atoms with Gasteiger partial charge in [0.1, 0.15) is 12.1 Å². The lowest BCUT2D eigenvalue weighted by molar-refractivity contribution is 0.624. The summed E-state index contributed by atoms with van der Waals surface area (Å²) in [7, 11) is 1.89. The summed E-state index contributed by atoms with van der Waals surface area (Å²) in [5, 5.41) is 8.77. The Bertz CT molecular complexity index is 511. The van der Waals surface area contributed by atoms with E-state index in [0.717, 1.165) is 10.7 Å². The van der Waals surface area contributed by atoms with Crippen molar-refractivity contribution in [3.05, 3.63) is 42.0 Å². The van der Waals surface area contributed by atoms with Crippen molar-refractivity contribution < 1.29 is 4.39 Å². The van der Waals surface area contributed by atoms with E-state index in [0.29, 0.717) is 0 Å². The Morgan fingerprint density at radius 1 is 1.33 bits per heavy atom. The highest BCUT2D eigenvalue weighted by Crippen LogP contribution is 2.28. The monoisotopic (exact) mass is 266 g/mol. The van der Waals surface area contributed by atoms with Gasteiger partial charge in [-0.15, -0.1) is 10.2 Å². The van der Waals surface area contributed by atoms with Gasteiger partial charge in [0, 0.05) is 18.3 Å². The molecule has 2 unspecified atom stereocenters. The molecule has 18 heavy (non-hydrogen) atoms. The number of halogens is 1. The van der Waals surface area contributed by atoms with Gasteiger partial charge in [-0.25, -0.2) is 4.39 Å². The summed E-state index contributed by atoms with van der Waals surface area (Å²) in [6.45, 7) is 2.02. The maximum Gasteiger partial charge on any atom is 0.191 e. The Balaban J connectivity index is 2.07. The van der Waals surface area contributed by atoms with Crippen LogP contribution in [-0.2, 0) is 7.05 Å². The van der Waals surface area contributed by atoms with Crippen molar-refractivity contribution in [2.24, 2.45) is 12.8 Å². The molecule has 0 spiro atoms. The lowest BCUT2D eigenvalue weighted by Crippen LogP contribution is -2.21. The van der Waals surface area contributed by atoms with Crippen molar-refractivity contribution in [1.82, 2.24) is 14.8 Å². The van der Waals surface area contributed by atoms with Crippen molar-refractivity contribution in [3.63, 3.8) is 0 Å². The van der Waals surface area contributed by atoms with Crippen LogP contribution >= 0.6 is 11.8 Å². The molecule has 0 saturated heterocycles. The summed E-state index contributed by atoms with van der Waals surface area (Å²) in [6, 6.07) is 6.11. The summed E-state index contributed by atoms with van der Waals surface area (Å²) in [5.41, 5.74) is 7.07. The van der Waals surface area contributed by atoms with Crippen LogP contribution < -0.4 is 5.73 Å². The molecule has 1 aromatic carbocycles. The molecule has 1 heterocycles. The van der Waals surface area contributed by atoms with Crippen LogP contribution in [0.2, 0.25) is 0 Å². The number of hydrogen-bond donors (Lipinski definition) is 1. The zero-order valence-corrected chi connectivity index (χ0v) is 11.1. The topological polar surface area (TPSA) is 56.7 Å². The van der Waals surface area contributed by atoms with E-state index in [1.165, 1.54) is 12.1 Å². The molecule has 2 atom stereocenters. The third kappa shape index (κ3) is 2.88. The molecule has 1 aromatic heterocycles. The smallest absolute Gasteiger partial charge is 0.191 e. The average molecular weight is 266 g/mol. The van der Waals surface area contributed by atoms with Gasteiger partial charge in [-0.2, -0.15) is 0 Å². The zero-order valence-electron chi connectivity index (χ0n) is 10.2. The van der Waals surface area contributed by atoms with Crippen LogP contribution in [0.1, 0.15) is 18.5 Å². The van der Waals surface area contributed by atoms with Crippen LogP contribution in [0, 0.1) is 5.82 Å². The summed E-state index contributed by atoms with van der Waals surface area (Å²) < 4.78 is 14.7. The number of aromatic nitrogens is 3. The minimum absolute atomic E-state index is 0.123. The predicted molar refractivity (Wildman–Crippen MR) is 69.7 cm³/mol. The van der Waals surface area contributed by atoms with E-state index in [-0.39, 0.29) is 17.1 Å². The molecule has 0 fully saturated rings. The van der Waals surface area contributed by atoms with Gasteiger partial charge in [0.15, 0.2) is 5.16 Å². The van der Waals surface area contributed by atoms with Gasteiger partial charge in [-0.1, -0.05) is 30.8 Å². The first-order valence-corrected chi connectivity index (χ1v) is 6.47. The number of hydrogen-bond acceptors (Lipinski definition) is 4. The van der Waals surface area contributed by atoms with Crippen molar-refractivity contribution in [2.45, 2.75) is 23.4 Å². The van der Waals surface area contributed by atoms with E-state index in [4.69, 9.17) is 5.73 Å². The first-order valence-electron chi connectivity index (χ1n) is 5.59.